The molecule has 0 amide bonds. The molecule has 0 bridgehead atoms. The number of benzene rings is 4. The summed E-state index contributed by atoms with van der Waals surface area (Å²) in [5, 5.41) is 73.9. The van der Waals surface area contributed by atoms with Gasteiger partial charge in [0, 0.05) is 74.6 Å². The Balaban J connectivity index is 0.000000123. The fourth-order valence-corrected chi connectivity index (χ4v) is 28.2. The monoisotopic (exact) mass is 1880 g/mol. The van der Waals surface area contributed by atoms with Crippen molar-refractivity contribution in [3.63, 3.8) is 0 Å². The van der Waals surface area contributed by atoms with E-state index in [9.17, 15) is 71.7 Å². The number of aryl methyl sites for hydroxylation is 4. The van der Waals surface area contributed by atoms with E-state index in [-0.39, 0.29) is 92.9 Å². The molecule has 0 aliphatic heterocycles. The van der Waals surface area contributed by atoms with E-state index < -0.39 is 82.0 Å². The van der Waals surface area contributed by atoms with Crippen LogP contribution in [0.3, 0.4) is 0 Å². The number of sulfone groups is 4. The highest BCUT2D eigenvalue weighted by Gasteiger charge is 2.52. The molecule has 28 nitrogen and oxygen atoms in total. The number of aliphatic hydroxyl groups is 4. The fourth-order valence-electron chi connectivity index (χ4n) is 21.6. The molecular formula is C96H108F4N16O12S4. The summed E-state index contributed by atoms with van der Waals surface area (Å²) in [6, 6.07) is 24.8. The Morgan fingerprint density at radius 1 is 0.311 bits per heavy atom. The fraction of sp³-hybridized carbons (Fsp3) is 0.417. The summed E-state index contributed by atoms with van der Waals surface area (Å²) in [6.45, 7) is 6.90. The van der Waals surface area contributed by atoms with Gasteiger partial charge in [0.1, 0.15) is 42.9 Å². The van der Waals surface area contributed by atoms with Crippen LogP contribution in [0.2, 0.25) is 0 Å². The lowest BCUT2D eigenvalue weighted by molar-refractivity contribution is 0.103. The van der Waals surface area contributed by atoms with Crippen LogP contribution in [-0.4, -0.2) is 180 Å². The Hall–Kier alpha value is -11.1. The van der Waals surface area contributed by atoms with Gasteiger partial charge in [0.25, 0.3) is 0 Å². The molecule has 36 heteroatoms. The molecule has 132 heavy (non-hydrogen) atoms. The molecule has 4 fully saturated rings. The van der Waals surface area contributed by atoms with E-state index in [0.717, 1.165) is 116 Å². The van der Waals surface area contributed by atoms with Crippen LogP contribution in [0.5, 0.6) is 0 Å². The lowest BCUT2D eigenvalue weighted by atomic mass is 9.61. The third-order valence-corrected chi connectivity index (χ3v) is 38.5. The first-order valence-corrected chi connectivity index (χ1v) is 50.6. The molecule has 8 aromatic heterocycles. The van der Waals surface area contributed by atoms with Crippen molar-refractivity contribution in [3.8, 4) is 22.7 Å². The summed E-state index contributed by atoms with van der Waals surface area (Å²) in [7, 11) is -7.26. The minimum absolute atomic E-state index is 0.0455. The van der Waals surface area contributed by atoms with Crippen molar-refractivity contribution < 1.29 is 71.7 Å². The summed E-state index contributed by atoms with van der Waals surface area (Å²) in [5.74, 6) is -1.50. The van der Waals surface area contributed by atoms with E-state index in [1.165, 1.54) is 92.0 Å². The van der Waals surface area contributed by atoms with Gasteiger partial charge in [-0.2, -0.15) is 40.8 Å². The van der Waals surface area contributed by atoms with E-state index >= 15 is 0 Å². The van der Waals surface area contributed by atoms with Gasteiger partial charge < -0.3 is 20.4 Å². The largest absolute Gasteiger partial charge is 0.395 e. The molecular weight excluding hydrogens is 1770 g/mol. The number of rotatable bonds is 20. The average Bonchev–Trinajstić information content (AvgIpc) is 1.55. The number of halogens is 4. The zero-order valence-corrected chi connectivity index (χ0v) is 77.9. The van der Waals surface area contributed by atoms with Gasteiger partial charge in [0.2, 0.25) is 0 Å². The maximum atomic E-state index is 13.4. The van der Waals surface area contributed by atoms with Gasteiger partial charge in [-0.15, -0.1) is 0 Å². The van der Waals surface area contributed by atoms with Crippen LogP contribution in [0.25, 0.3) is 47.1 Å². The minimum Gasteiger partial charge on any atom is -0.395 e. The molecule has 8 heterocycles. The van der Waals surface area contributed by atoms with Gasteiger partial charge in [-0.1, -0.05) is 22.3 Å². The maximum absolute atomic E-state index is 13.4. The first-order chi connectivity index (χ1) is 62.9. The molecule has 8 aliphatic carbocycles. The Morgan fingerprint density at radius 3 is 0.667 bits per heavy atom. The zero-order chi connectivity index (χ0) is 93.5. The molecule has 0 unspecified atom stereocenters. The van der Waals surface area contributed by atoms with Crippen LogP contribution in [-0.2, 0) is 93.2 Å². The zero-order valence-electron chi connectivity index (χ0n) is 74.6. The van der Waals surface area contributed by atoms with Crippen molar-refractivity contribution in [2.45, 2.75) is 171 Å². The SMILES string of the molecule is C[C@@H]([C@H]1CCC2=Cc3c(cnn3-c3ccc(F)cc3)C[C@]2(CO)C1)S(=O)(=O)c1cnn(C)c1.C[C@@H]([C@H]1CCC2=Cc3c(cnn3-c3ccc(F)cc3)C[C@]2(CO)C1)S(=O)(=O)c1cnn(C)c1.C[C@H]([C@H]1CCC2=Cc3c(cnn3-c3ccc(F)cc3)C[C@]2(CO)C1)S(=O)(=O)c1cnn(C)c1.C[C@H]([C@H]1CCC2=Cc3c(cnn3-c3ccc(F)cc3)C[C@]2(CO)C1)S(=O)(=O)c1cnn(C)c1. The molecule has 696 valence electrons. The molecule has 4 saturated carbocycles. The van der Waals surface area contributed by atoms with Crippen molar-refractivity contribution in [1.82, 2.24) is 78.2 Å². The first-order valence-electron chi connectivity index (χ1n) is 44.4. The van der Waals surface area contributed by atoms with Gasteiger partial charge in [-0.05, 0) is 298 Å². The Bertz CT molecular complexity index is 6130. The van der Waals surface area contributed by atoms with E-state index in [0.29, 0.717) is 77.0 Å². The van der Waals surface area contributed by atoms with E-state index in [1.807, 2.05) is 0 Å². The summed E-state index contributed by atoms with van der Waals surface area (Å²) in [4.78, 5) is 0.957. The van der Waals surface area contributed by atoms with Crippen LogP contribution in [0.4, 0.5) is 17.6 Å². The van der Waals surface area contributed by atoms with Gasteiger partial charge in [-0.3, -0.25) is 18.7 Å². The number of aromatic nitrogens is 16. The predicted octanol–water partition coefficient (Wildman–Crippen LogP) is 13.3. The number of fused-ring (bicyclic) bond motifs is 8. The van der Waals surface area contributed by atoms with E-state index in [2.05, 4.69) is 65.1 Å². The van der Waals surface area contributed by atoms with E-state index in [4.69, 9.17) is 0 Å². The number of aliphatic hydroxyl groups excluding tert-OH is 4. The summed E-state index contributed by atoms with van der Waals surface area (Å²) in [6.07, 6.45) is 37.8. The third-order valence-electron chi connectivity index (χ3n) is 29.5. The van der Waals surface area contributed by atoms with Crippen LogP contribution >= 0.6 is 0 Å². The number of hydrogen-bond donors (Lipinski definition) is 4. The number of nitrogens with zero attached hydrogens (tertiary/aromatic N) is 16. The Labute approximate surface area is 764 Å². The van der Waals surface area contributed by atoms with Crippen molar-refractivity contribution in [2.75, 3.05) is 26.4 Å². The molecule has 12 aromatic rings. The highest BCUT2D eigenvalue weighted by atomic mass is 32.2. The van der Waals surface area contributed by atoms with Gasteiger partial charge in [-0.25, -0.2) is 70.0 Å². The maximum Gasteiger partial charge on any atom is 0.184 e. The normalized spacial score (nSPS) is 23.5. The number of hydrogen-bond acceptors (Lipinski definition) is 20. The van der Waals surface area contributed by atoms with Crippen molar-refractivity contribution in [1.29, 1.82) is 0 Å². The van der Waals surface area contributed by atoms with Gasteiger partial charge in [0.05, 0.1) is 143 Å². The lowest BCUT2D eigenvalue weighted by Crippen LogP contribution is -2.42. The quantitative estimate of drug-likeness (QED) is 0.0515. The highest BCUT2D eigenvalue weighted by Crippen LogP contribution is 2.57. The summed E-state index contributed by atoms with van der Waals surface area (Å²) < 4.78 is 172. The molecule has 4 aromatic carbocycles. The highest BCUT2D eigenvalue weighted by molar-refractivity contribution is 7.93. The van der Waals surface area contributed by atoms with Crippen LogP contribution in [0.15, 0.2) is 213 Å². The molecule has 0 saturated heterocycles. The summed E-state index contributed by atoms with van der Waals surface area (Å²) in [5.41, 5.74) is 13.4. The first kappa shape index (κ1) is 92.7. The van der Waals surface area contributed by atoms with Crippen LogP contribution in [0, 0.1) is 68.6 Å². The van der Waals surface area contributed by atoms with Gasteiger partial charge in [0.15, 0.2) is 39.3 Å². The Morgan fingerprint density at radius 2 is 0.500 bits per heavy atom. The van der Waals surface area contributed by atoms with Crippen LogP contribution < -0.4 is 0 Å². The molecule has 4 N–H and O–H groups in total. The topological polar surface area (TPSA) is 360 Å². The van der Waals surface area contributed by atoms with Gasteiger partial charge >= 0.3 is 0 Å². The van der Waals surface area contributed by atoms with Crippen molar-refractivity contribution >= 4 is 63.7 Å². The molecule has 0 spiro atoms. The second-order valence-corrected chi connectivity index (χ2v) is 46.5. The molecule has 12 atom stereocenters. The second-order valence-electron chi connectivity index (χ2n) is 37.3. The molecule has 20 rings (SSSR count). The van der Waals surface area contributed by atoms with Crippen molar-refractivity contribution in [3.05, 3.63) is 262 Å². The van der Waals surface area contributed by atoms with E-state index in [1.54, 1.807) is 173 Å². The lowest BCUT2D eigenvalue weighted by Gasteiger charge is -2.45. The second kappa shape index (κ2) is 36.0. The predicted molar refractivity (Wildman–Crippen MR) is 488 cm³/mol. The van der Waals surface area contributed by atoms with Crippen LogP contribution in [0.1, 0.15) is 150 Å². The molecule has 0 radical (unpaired) electrons. The smallest absolute Gasteiger partial charge is 0.184 e. The average molecular weight is 1880 g/mol. The van der Waals surface area contributed by atoms with Crippen molar-refractivity contribution in [2.24, 2.45) is 73.5 Å². The molecule has 8 aliphatic rings. The standard InChI is InChI=1S/4C24H27FN4O3S/c4*1-16(33(31,32)22-13-26-28(2)14-22)17-3-4-19-9-23-18(11-24(19,10-17)15-30)12-27-29(23)21-7-5-20(25)6-8-21/h4*5-9,12-14,16-17,30H,3-4,10-11,15H2,1-2H3/t2*16-,17+,24+;2*16-,17-,24-/m1100/s1. The Kier molecular flexibility index (Phi) is 25.3. The summed E-state index contributed by atoms with van der Waals surface area (Å²) >= 11 is 0. The minimum atomic E-state index is -3.52. The third kappa shape index (κ3) is 17.3.